The number of amides is 1. The van der Waals surface area contributed by atoms with Crippen molar-refractivity contribution >= 4 is 34.3 Å². The summed E-state index contributed by atoms with van der Waals surface area (Å²) in [6, 6.07) is 10.2. The van der Waals surface area contributed by atoms with Gasteiger partial charge in [-0.05, 0) is 49.6 Å². The molecule has 0 aromatic heterocycles. The average Bonchev–Trinajstić information content (AvgIpc) is 2.72. The number of rotatable bonds is 9. The zero-order chi connectivity index (χ0) is 23.0. The normalized spacial score (nSPS) is 10.7. The second kappa shape index (κ2) is 10.8. The number of nitro groups is 1. The Kier molecular flexibility index (Phi) is 8.20. The molecule has 162 valence electrons. The second-order valence-corrected chi connectivity index (χ2v) is 7.12. The van der Waals surface area contributed by atoms with Crippen LogP contribution < -0.4 is 10.2 Å². The predicted octanol–water partition coefficient (Wildman–Crippen LogP) is 5.78. The van der Waals surface area contributed by atoms with Gasteiger partial charge in [-0.1, -0.05) is 13.8 Å². The number of carbonyl (C=O) groups excluding carboxylic acids is 1. The molecular weight excluding hydrogens is 396 g/mol. The van der Waals surface area contributed by atoms with E-state index in [1.165, 1.54) is 19.1 Å². The Hall–Kier alpha value is -3.80. The number of benzene rings is 2. The van der Waals surface area contributed by atoms with E-state index in [1.807, 2.05) is 18.2 Å². The molecule has 1 N–H and O–H groups in total. The van der Waals surface area contributed by atoms with Gasteiger partial charge >= 0.3 is 0 Å². The lowest BCUT2D eigenvalue weighted by Crippen LogP contribution is -2.24. The lowest BCUT2D eigenvalue weighted by Gasteiger charge is -2.24. The van der Waals surface area contributed by atoms with Gasteiger partial charge in [0.2, 0.25) is 5.91 Å². The molecule has 0 saturated heterocycles. The highest BCUT2D eigenvalue weighted by Gasteiger charge is 2.19. The highest BCUT2D eigenvalue weighted by atomic mass is 16.6. The van der Waals surface area contributed by atoms with Crippen molar-refractivity contribution in [2.75, 3.05) is 23.3 Å². The monoisotopic (exact) mass is 422 g/mol. The Morgan fingerprint density at radius 1 is 1.19 bits per heavy atom. The fraction of sp³-hybridized carbons (Fsp3) is 0.364. The summed E-state index contributed by atoms with van der Waals surface area (Å²) < 4.78 is 0. The maximum atomic E-state index is 11.7. The summed E-state index contributed by atoms with van der Waals surface area (Å²) in [6.07, 6.45) is 1.95. The number of nitriles is 1. The van der Waals surface area contributed by atoms with E-state index in [0.717, 1.165) is 31.6 Å². The Bertz CT molecular complexity index is 1040. The van der Waals surface area contributed by atoms with E-state index in [0.29, 0.717) is 16.9 Å². The zero-order valence-electron chi connectivity index (χ0n) is 18.2. The molecule has 0 bridgehead atoms. The first-order valence-corrected chi connectivity index (χ1v) is 10.1. The van der Waals surface area contributed by atoms with E-state index >= 15 is 0 Å². The van der Waals surface area contributed by atoms with Crippen LogP contribution in [0.5, 0.6) is 0 Å². The summed E-state index contributed by atoms with van der Waals surface area (Å²) in [5, 5.41) is 31.7. The van der Waals surface area contributed by atoms with Crippen LogP contribution in [0, 0.1) is 28.4 Å². The molecule has 0 aliphatic carbocycles. The third-order valence-corrected chi connectivity index (χ3v) is 4.45. The third kappa shape index (κ3) is 6.09. The van der Waals surface area contributed by atoms with Gasteiger partial charge in [-0.3, -0.25) is 14.9 Å². The zero-order valence-corrected chi connectivity index (χ0v) is 18.2. The largest absolute Gasteiger partial charge is 0.371 e. The highest BCUT2D eigenvalue weighted by molar-refractivity contribution is 5.93. The number of carbonyl (C=O) groups is 1. The summed E-state index contributed by atoms with van der Waals surface area (Å²) in [6.45, 7) is 9.00. The minimum absolute atomic E-state index is 0.0604. The van der Waals surface area contributed by atoms with Gasteiger partial charge in [-0.15, -0.1) is 10.2 Å². The van der Waals surface area contributed by atoms with Gasteiger partial charge < -0.3 is 10.2 Å². The topological polar surface area (TPSA) is 124 Å². The van der Waals surface area contributed by atoms with Crippen molar-refractivity contribution in [3.63, 3.8) is 0 Å². The molecule has 0 aliphatic rings. The Labute approximate surface area is 181 Å². The number of azo groups is 1. The standard InChI is InChI=1S/C22H26N6O3/c1-5-9-27(10-6-2)18-7-8-19(20(13-18)24-16(4)29)25-26-22-17(14-23)11-15(3)12-21(22)28(30)31/h7-8,11-13H,5-6,9-10H2,1-4H3,(H,24,29). The quantitative estimate of drug-likeness (QED) is 0.312. The molecule has 2 aromatic rings. The van der Waals surface area contributed by atoms with Crippen LogP contribution in [0.15, 0.2) is 40.6 Å². The van der Waals surface area contributed by atoms with Crippen molar-refractivity contribution in [1.82, 2.24) is 0 Å². The van der Waals surface area contributed by atoms with Gasteiger partial charge in [-0.2, -0.15) is 5.26 Å². The molecule has 9 heteroatoms. The maximum Gasteiger partial charge on any atom is 0.298 e. The van der Waals surface area contributed by atoms with Crippen molar-refractivity contribution in [3.05, 3.63) is 51.6 Å². The molecule has 9 nitrogen and oxygen atoms in total. The van der Waals surface area contributed by atoms with Gasteiger partial charge in [-0.25, -0.2) is 0 Å². The number of aryl methyl sites for hydroxylation is 1. The van der Waals surface area contributed by atoms with Gasteiger partial charge in [0.05, 0.1) is 16.2 Å². The fourth-order valence-corrected chi connectivity index (χ4v) is 3.20. The van der Waals surface area contributed by atoms with Crippen molar-refractivity contribution in [3.8, 4) is 6.07 Å². The molecule has 0 heterocycles. The number of nitrogens with one attached hydrogen (secondary N) is 1. The minimum Gasteiger partial charge on any atom is -0.371 e. The summed E-state index contributed by atoms with van der Waals surface area (Å²) in [5.41, 5.74) is 1.95. The van der Waals surface area contributed by atoms with Crippen LogP contribution in [-0.2, 0) is 4.79 Å². The van der Waals surface area contributed by atoms with Gasteiger partial charge in [0, 0.05) is 31.8 Å². The molecule has 0 aliphatic heterocycles. The first-order valence-electron chi connectivity index (χ1n) is 10.1. The van der Waals surface area contributed by atoms with Crippen LogP contribution in [0.25, 0.3) is 0 Å². The van der Waals surface area contributed by atoms with Crippen LogP contribution in [0.4, 0.5) is 28.4 Å². The van der Waals surface area contributed by atoms with E-state index < -0.39 is 4.92 Å². The SMILES string of the molecule is CCCN(CCC)c1ccc(N=Nc2c(C#N)cc(C)cc2[N+](=O)[O-])c(NC(C)=O)c1. The molecule has 0 spiro atoms. The van der Waals surface area contributed by atoms with Crippen molar-refractivity contribution in [2.24, 2.45) is 10.2 Å². The maximum absolute atomic E-state index is 11.7. The summed E-state index contributed by atoms with van der Waals surface area (Å²) in [5.74, 6) is -0.273. The molecule has 0 saturated carbocycles. The van der Waals surface area contributed by atoms with E-state index in [4.69, 9.17) is 0 Å². The highest BCUT2D eigenvalue weighted by Crippen LogP contribution is 2.36. The second-order valence-electron chi connectivity index (χ2n) is 7.12. The van der Waals surface area contributed by atoms with Crippen LogP contribution in [0.1, 0.15) is 44.7 Å². The molecule has 0 fully saturated rings. The van der Waals surface area contributed by atoms with Gasteiger partial charge in [0.25, 0.3) is 5.69 Å². The van der Waals surface area contributed by atoms with E-state index in [2.05, 4.69) is 34.3 Å². The molecule has 0 atom stereocenters. The minimum atomic E-state index is -0.590. The first-order chi connectivity index (χ1) is 14.8. The van der Waals surface area contributed by atoms with E-state index in [9.17, 15) is 20.2 Å². The predicted molar refractivity (Wildman–Crippen MR) is 120 cm³/mol. The average molecular weight is 422 g/mol. The summed E-state index contributed by atoms with van der Waals surface area (Å²) >= 11 is 0. The van der Waals surface area contributed by atoms with Crippen LogP contribution in [0.3, 0.4) is 0 Å². The third-order valence-electron chi connectivity index (χ3n) is 4.45. The Balaban J connectivity index is 2.54. The van der Waals surface area contributed by atoms with Crippen LogP contribution in [0.2, 0.25) is 0 Å². The molecular formula is C22H26N6O3. The number of hydrogen-bond donors (Lipinski definition) is 1. The van der Waals surface area contributed by atoms with E-state index in [-0.39, 0.29) is 22.8 Å². The summed E-state index contributed by atoms with van der Waals surface area (Å²) in [7, 11) is 0. The number of nitrogens with zero attached hydrogens (tertiary/aromatic N) is 5. The van der Waals surface area contributed by atoms with Gasteiger partial charge in [0.1, 0.15) is 11.8 Å². The fourth-order valence-electron chi connectivity index (χ4n) is 3.20. The number of nitro benzene ring substituents is 1. The molecule has 2 rings (SSSR count). The molecule has 1 amide bonds. The van der Waals surface area contributed by atoms with Crippen molar-refractivity contribution in [2.45, 2.75) is 40.5 Å². The lowest BCUT2D eigenvalue weighted by molar-refractivity contribution is -0.384. The van der Waals surface area contributed by atoms with E-state index in [1.54, 1.807) is 13.0 Å². The van der Waals surface area contributed by atoms with Crippen molar-refractivity contribution < 1.29 is 9.72 Å². The molecule has 2 aromatic carbocycles. The lowest BCUT2D eigenvalue weighted by atomic mass is 10.1. The van der Waals surface area contributed by atoms with Crippen LogP contribution >= 0.6 is 0 Å². The van der Waals surface area contributed by atoms with Gasteiger partial charge in [0.15, 0.2) is 5.69 Å². The smallest absolute Gasteiger partial charge is 0.298 e. The number of hydrogen-bond acceptors (Lipinski definition) is 7. The molecule has 0 unspecified atom stereocenters. The van der Waals surface area contributed by atoms with Crippen LogP contribution in [-0.4, -0.2) is 23.9 Å². The first kappa shape index (κ1) is 23.5. The molecule has 0 radical (unpaired) electrons. The van der Waals surface area contributed by atoms with Crippen molar-refractivity contribution in [1.29, 1.82) is 5.26 Å². The number of anilines is 2. The summed E-state index contributed by atoms with van der Waals surface area (Å²) in [4.78, 5) is 24.8. The molecule has 31 heavy (non-hydrogen) atoms. The Morgan fingerprint density at radius 2 is 1.87 bits per heavy atom. The Morgan fingerprint density at radius 3 is 2.42 bits per heavy atom.